The lowest BCUT2D eigenvalue weighted by Crippen LogP contribution is -2.40. The minimum Gasteiger partial charge on any atom is -0.310 e. The molecule has 1 aliphatic rings. The maximum atomic E-state index is 3.82. The van der Waals surface area contributed by atoms with E-state index in [4.69, 9.17) is 0 Å². The topological polar surface area (TPSA) is 15.3 Å². The summed E-state index contributed by atoms with van der Waals surface area (Å²) >= 11 is 0. The monoisotopic (exact) mass is 212 g/mol. The van der Waals surface area contributed by atoms with Crippen molar-refractivity contribution in [1.82, 2.24) is 10.2 Å². The number of hydrogen-bond acceptors (Lipinski definition) is 2. The lowest BCUT2D eigenvalue weighted by atomic mass is 9.97. The molecule has 0 radical (unpaired) electrons. The molecule has 1 N–H and O–H groups in total. The first-order valence-electron chi connectivity index (χ1n) is 6.60. The van der Waals surface area contributed by atoms with Crippen LogP contribution in [0.1, 0.15) is 46.5 Å². The minimum absolute atomic E-state index is 0.733. The van der Waals surface area contributed by atoms with Gasteiger partial charge < -0.3 is 10.2 Å². The van der Waals surface area contributed by atoms with Crippen molar-refractivity contribution in [2.75, 3.05) is 20.1 Å². The van der Waals surface area contributed by atoms with E-state index < -0.39 is 0 Å². The van der Waals surface area contributed by atoms with Crippen LogP contribution in [0.3, 0.4) is 0 Å². The molecule has 1 saturated heterocycles. The predicted molar refractivity (Wildman–Crippen MR) is 67.2 cm³/mol. The van der Waals surface area contributed by atoms with Crippen molar-refractivity contribution in [1.29, 1.82) is 0 Å². The van der Waals surface area contributed by atoms with Crippen molar-refractivity contribution < 1.29 is 0 Å². The summed E-state index contributed by atoms with van der Waals surface area (Å²) < 4.78 is 0. The van der Waals surface area contributed by atoms with Crippen molar-refractivity contribution >= 4 is 0 Å². The average molecular weight is 212 g/mol. The number of nitrogens with zero attached hydrogens (tertiary/aromatic N) is 1. The average Bonchev–Trinajstić information content (AvgIpc) is 2.62. The number of rotatable bonds is 6. The SMILES string of the molecule is CC[C@@H](C)C[C@@H](CC)N[C@@H]1CCN(C)C1. The third-order valence-electron chi connectivity index (χ3n) is 3.74. The Bertz CT molecular complexity index is 170. The van der Waals surface area contributed by atoms with Crippen molar-refractivity contribution in [2.24, 2.45) is 5.92 Å². The first-order valence-corrected chi connectivity index (χ1v) is 6.60. The fourth-order valence-corrected chi connectivity index (χ4v) is 2.41. The fourth-order valence-electron chi connectivity index (χ4n) is 2.41. The van der Waals surface area contributed by atoms with Crippen LogP contribution in [0.4, 0.5) is 0 Å². The Labute approximate surface area is 95.4 Å². The normalized spacial score (nSPS) is 26.8. The molecule has 2 nitrogen and oxygen atoms in total. The van der Waals surface area contributed by atoms with Crippen LogP contribution in [0, 0.1) is 5.92 Å². The third kappa shape index (κ3) is 4.52. The highest BCUT2D eigenvalue weighted by molar-refractivity contribution is 4.82. The fraction of sp³-hybridized carbons (Fsp3) is 1.00. The van der Waals surface area contributed by atoms with Gasteiger partial charge in [0, 0.05) is 18.6 Å². The zero-order chi connectivity index (χ0) is 11.3. The molecule has 3 atom stereocenters. The lowest BCUT2D eigenvalue weighted by molar-refractivity contribution is 0.337. The summed E-state index contributed by atoms with van der Waals surface area (Å²) in [5, 5.41) is 3.82. The van der Waals surface area contributed by atoms with Gasteiger partial charge in [-0.15, -0.1) is 0 Å². The summed E-state index contributed by atoms with van der Waals surface area (Å²) in [6, 6.07) is 1.47. The zero-order valence-electron chi connectivity index (χ0n) is 10.9. The molecular weight excluding hydrogens is 184 g/mol. The van der Waals surface area contributed by atoms with Crippen LogP contribution in [0.5, 0.6) is 0 Å². The first kappa shape index (κ1) is 13.0. The molecule has 0 bridgehead atoms. The van der Waals surface area contributed by atoms with E-state index in [1.807, 2.05) is 0 Å². The maximum absolute atomic E-state index is 3.82. The molecule has 2 heteroatoms. The summed E-state index contributed by atoms with van der Waals surface area (Å²) in [7, 11) is 2.22. The summed E-state index contributed by atoms with van der Waals surface area (Å²) in [4.78, 5) is 2.42. The van der Waals surface area contributed by atoms with Gasteiger partial charge in [0.15, 0.2) is 0 Å². The van der Waals surface area contributed by atoms with Crippen molar-refractivity contribution in [3.8, 4) is 0 Å². The molecule has 0 saturated carbocycles. The summed E-state index contributed by atoms with van der Waals surface area (Å²) in [6.45, 7) is 9.46. The Kier molecular flexibility index (Phi) is 5.62. The van der Waals surface area contributed by atoms with Crippen LogP contribution in [0.2, 0.25) is 0 Å². The van der Waals surface area contributed by atoms with Crippen LogP contribution in [0.25, 0.3) is 0 Å². The van der Waals surface area contributed by atoms with E-state index >= 15 is 0 Å². The van der Waals surface area contributed by atoms with Crippen LogP contribution in [-0.4, -0.2) is 37.1 Å². The molecule has 0 amide bonds. The lowest BCUT2D eigenvalue weighted by Gasteiger charge is -2.24. The largest absolute Gasteiger partial charge is 0.310 e. The van der Waals surface area contributed by atoms with Crippen molar-refractivity contribution in [3.05, 3.63) is 0 Å². The molecule has 0 spiro atoms. The number of nitrogens with one attached hydrogen (secondary N) is 1. The zero-order valence-corrected chi connectivity index (χ0v) is 10.9. The Balaban J connectivity index is 2.27. The van der Waals surface area contributed by atoms with E-state index in [-0.39, 0.29) is 0 Å². The number of likely N-dealkylation sites (N-methyl/N-ethyl adjacent to an activating group) is 1. The minimum atomic E-state index is 0.733. The summed E-state index contributed by atoms with van der Waals surface area (Å²) in [5.41, 5.74) is 0. The quantitative estimate of drug-likeness (QED) is 0.728. The molecular formula is C13H28N2. The van der Waals surface area contributed by atoms with Crippen LogP contribution in [0.15, 0.2) is 0 Å². The Morgan fingerprint density at radius 3 is 2.53 bits per heavy atom. The second-order valence-corrected chi connectivity index (χ2v) is 5.27. The third-order valence-corrected chi connectivity index (χ3v) is 3.74. The Hall–Kier alpha value is -0.0800. The highest BCUT2D eigenvalue weighted by Gasteiger charge is 2.22. The van der Waals surface area contributed by atoms with Crippen molar-refractivity contribution in [2.45, 2.75) is 58.5 Å². The molecule has 0 aromatic heterocycles. The molecule has 1 fully saturated rings. The van der Waals surface area contributed by atoms with Gasteiger partial charge >= 0.3 is 0 Å². The summed E-state index contributed by atoms with van der Waals surface area (Å²) in [5.74, 6) is 0.863. The maximum Gasteiger partial charge on any atom is 0.0209 e. The van der Waals surface area contributed by atoms with E-state index in [2.05, 4.69) is 38.0 Å². The second-order valence-electron chi connectivity index (χ2n) is 5.27. The van der Waals surface area contributed by atoms with E-state index in [9.17, 15) is 0 Å². The van der Waals surface area contributed by atoms with E-state index in [0.717, 1.165) is 18.0 Å². The number of hydrogen-bond donors (Lipinski definition) is 1. The van der Waals surface area contributed by atoms with Crippen molar-refractivity contribution in [3.63, 3.8) is 0 Å². The Morgan fingerprint density at radius 1 is 1.33 bits per heavy atom. The molecule has 0 aromatic rings. The molecule has 0 aromatic carbocycles. The van der Waals surface area contributed by atoms with E-state index in [0.29, 0.717) is 0 Å². The van der Waals surface area contributed by atoms with Gasteiger partial charge in [-0.05, 0) is 38.8 Å². The molecule has 1 heterocycles. The predicted octanol–water partition coefficient (Wildman–Crippen LogP) is 2.49. The van der Waals surface area contributed by atoms with Gasteiger partial charge in [0.25, 0.3) is 0 Å². The van der Waals surface area contributed by atoms with Gasteiger partial charge in [-0.3, -0.25) is 0 Å². The smallest absolute Gasteiger partial charge is 0.0209 e. The van der Waals surface area contributed by atoms with Gasteiger partial charge in [0.2, 0.25) is 0 Å². The highest BCUT2D eigenvalue weighted by Crippen LogP contribution is 2.15. The van der Waals surface area contributed by atoms with Crippen LogP contribution >= 0.6 is 0 Å². The number of likely N-dealkylation sites (tertiary alicyclic amines) is 1. The molecule has 1 rings (SSSR count). The molecule has 0 unspecified atom stereocenters. The highest BCUT2D eigenvalue weighted by atomic mass is 15.2. The van der Waals surface area contributed by atoms with Gasteiger partial charge in [-0.1, -0.05) is 27.2 Å². The first-order chi connectivity index (χ1) is 7.15. The second kappa shape index (κ2) is 6.49. The Morgan fingerprint density at radius 2 is 2.07 bits per heavy atom. The van der Waals surface area contributed by atoms with Gasteiger partial charge in [0.1, 0.15) is 0 Å². The van der Waals surface area contributed by atoms with Gasteiger partial charge in [-0.2, -0.15) is 0 Å². The molecule has 0 aliphatic carbocycles. The van der Waals surface area contributed by atoms with Gasteiger partial charge in [0.05, 0.1) is 0 Å². The standard InChI is InChI=1S/C13H28N2/c1-5-11(3)9-12(6-2)14-13-7-8-15(4)10-13/h11-14H,5-10H2,1-4H3/t11-,12-,13-/m1/s1. The van der Waals surface area contributed by atoms with Crippen LogP contribution < -0.4 is 5.32 Å². The molecule has 15 heavy (non-hydrogen) atoms. The van der Waals surface area contributed by atoms with E-state index in [1.54, 1.807) is 0 Å². The molecule has 1 aliphatic heterocycles. The summed E-state index contributed by atoms with van der Waals surface area (Å²) in [6.07, 6.45) is 5.24. The molecule has 90 valence electrons. The van der Waals surface area contributed by atoms with Crippen LogP contribution in [-0.2, 0) is 0 Å². The van der Waals surface area contributed by atoms with E-state index in [1.165, 1.54) is 38.8 Å². The van der Waals surface area contributed by atoms with Gasteiger partial charge in [-0.25, -0.2) is 0 Å².